The fourth-order valence-corrected chi connectivity index (χ4v) is 6.11. The van der Waals surface area contributed by atoms with Crippen molar-refractivity contribution in [2.24, 2.45) is 10.9 Å². The molecule has 5 rings (SSSR count). The Labute approximate surface area is 255 Å². The lowest BCUT2D eigenvalue weighted by Crippen LogP contribution is -2.47. The Morgan fingerprint density at radius 3 is 2.48 bits per heavy atom. The number of amides is 2. The van der Waals surface area contributed by atoms with Crippen molar-refractivity contribution in [3.8, 4) is 11.8 Å². The minimum Gasteiger partial charge on any atom is -0.497 e. The molecule has 0 aliphatic carbocycles. The van der Waals surface area contributed by atoms with Gasteiger partial charge in [-0.3, -0.25) is 14.7 Å². The van der Waals surface area contributed by atoms with Crippen LogP contribution in [0.4, 0.5) is 20.7 Å². The number of carbonyl (C=O) groups excluding carboxylic acids is 2. The first-order valence-corrected chi connectivity index (χ1v) is 14.4. The van der Waals surface area contributed by atoms with E-state index in [9.17, 15) is 9.59 Å². The van der Waals surface area contributed by atoms with Gasteiger partial charge in [0.2, 0.25) is 5.91 Å². The third-order valence-corrected chi connectivity index (χ3v) is 8.41. The van der Waals surface area contributed by atoms with E-state index >= 15 is 4.39 Å². The summed E-state index contributed by atoms with van der Waals surface area (Å²) >= 11 is 0. The molecule has 2 amide bonds. The molecule has 3 aromatic rings. The monoisotopic (exact) mass is 599 g/mol. The van der Waals surface area contributed by atoms with Crippen LogP contribution in [-0.4, -0.2) is 85.7 Å². The summed E-state index contributed by atoms with van der Waals surface area (Å²) in [6.07, 6.45) is 0.790. The molecule has 3 heterocycles. The highest BCUT2D eigenvalue weighted by Crippen LogP contribution is 2.38. The van der Waals surface area contributed by atoms with Crippen LogP contribution in [0.1, 0.15) is 41.6 Å². The number of hydrogen-bond donors (Lipinski definition) is 0. The second-order valence-corrected chi connectivity index (χ2v) is 10.8. The van der Waals surface area contributed by atoms with E-state index in [1.165, 1.54) is 20.3 Å². The average Bonchev–Trinajstić information content (AvgIpc) is 3.49. The molecule has 2 saturated heterocycles. The molecule has 2 aromatic carbocycles. The molecule has 3 atom stereocenters. The number of rotatable bonds is 6. The third kappa shape index (κ3) is 6.32. The summed E-state index contributed by atoms with van der Waals surface area (Å²) < 4.78 is 25.7. The van der Waals surface area contributed by atoms with Crippen LogP contribution in [-0.2, 0) is 9.53 Å². The van der Waals surface area contributed by atoms with Crippen molar-refractivity contribution in [2.45, 2.75) is 24.8 Å². The predicted octanol–water partition coefficient (Wildman–Crippen LogP) is 4.48. The van der Waals surface area contributed by atoms with Gasteiger partial charge < -0.3 is 19.3 Å². The summed E-state index contributed by atoms with van der Waals surface area (Å²) in [5, 5.41) is 17.2. The highest BCUT2D eigenvalue weighted by Gasteiger charge is 2.43. The standard InChI is InChI=1S/C32H34FN7O4/c1-35-22-8-6-21(7-9-22)29-5-4-14-38(15-16-40(29)32(42)44-3)31(41)27-20-39(30-13-10-23(18-34)36-37-30)19-26(27)25-12-11-24(43-2)17-28(25)33/h6-13,17,26-27,29H,1,4-5,14-16,19-20H2,2-3H3/t26-,27+,29?/m0/s1. The number of aromatic nitrogens is 2. The summed E-state index contributed by atoms with van der Waals surface area (Å²) in [7, 11) is 2.82. The number of nitriles is 1. The molecule has 0 N–H and O–H groups in total. The fourth-order valence-electron chi connectivity index (χ4n) is 6.11. The minimum atomic E-state index is -0.587. The summed E-state index contributed by atoms with van der Waals surface area (Å²) in [6, 6.07) is 17.2. The lowest BCUT2D eigenvalue weighted by atomic mass is 9.87. The van der Waals surface area contributed by atoms with E-state index in [1.54, 1.807) is 34.1 Å². The molecule has 228 valence electrons. The Bertz CT molecular complexity index is 1540. The maximum Gasteiger partial charge on any atom is 0.410 e. The molecule has 2 aliphatic heterocycles. The molecule has 0 saturated carbocycles. The van der Waals surface area contributed by atoms with E-state index in [0.29, 0.717) is 56.2 Å². The number of methoxy groups -OCH3 is 2. The predicted molar refractivity (Wildman–Crippen MR) is 161 cm³/mol. The van der Waals surface area contributed by atoms with Crippen molar-refractivity contribution in [3.63, 3.8) is 0 Å². The minimum absolute atomic E-state index is 0.126. The quantitative estimate of drug-likeness (QED) is 0.380. The second-order valence-electron chi connectivity index (χ2n) is 10.8. The Morgan fingerprint density at radius 2 is 1.84 bits per heavy atom. The first kappa shape index (κ1) is 30.4. The number of nitrogens with zero attached hydrogens (tertiary/aromatic N) is 7. The fraction of sp³-hybridized carbons (Fsp3) is 0.375. The topological polar surface area (TPSA) is 124 Å². The van der Waals surface area contributed by atoms with Gasteiger partial charge in [0.1, 0.15) is 17.6 Å². The number of carbonyl (C=O) groups is 2. The number of halogens is 1. The molecular formula is C32H34FN7O4. The van der Waals surface area contributed by atoms with E-state index < -0.39 is 23.7 Å². The van der Waals surface area contributed by atoms with Gasteiger partial charge in [-0.15, -0.1) is 10.2 Å². The van der Waals surface area contributed by atoms with Gasteiger partial charge in [0, 0.05) is 44.7 Å². The van der Waals surface area contributed by atoms with Crippen molar-refractivity contribution >= 4 is 30.2 Å². The molecule has 11 nitrogen and oxygen atoms in total. The highest BCUT2D eigenvalue weighted by molar-refractivity contribution is 5.82. The summed E-state index contributed by atoms with van der Waals surface area (Å²) in [6.45, 7) is 5.23. The van der Waals surface area contributed by atoms with Gasteiger partial charge in [-0.05, 0) is 61.0 Å². The molecule has 0 spiro atoms. The molecule has 0 radical (unpaired) electrons. The van der Waals surface area contributed by atoms with Crippen LogP contribution in [0.15, 0.2) is 59.6 Å². The van der Waals surface area contributed by atoms with Crippen LogP contribution in [0.25, 0.3) is 0 Å². The van der Waals surface area contributed by atoms with E-state index in [0.717, 1.165) is 11.3 Å². The Hall–Kier alpha value is -5.05. The molecule has 0 bridgehead atoms. The first-order chi connectivity index (χ1) is 21.4. The van der Waals surface area contributed by atoms with E-state index in [1.807, 2.05) is 35.2 Å². The zero-order valence-corrected chi connectivity index (χ0v) is 24.7. The van der Waals surface area contributed by atoms with Crippen molar-refractivity contribution < 1.29 is 23.5 Å². The largest absolute Gasteiger partial charge is 0.497 e. The maximum atomic E-state index is 15.4. The number of anilines is 1. The lowest BCUT2D eigenvalue weighted by Gasteiger charge is -2.37. The molecule has 2 fully saturated rings. The van der Waals surface area contributed by atoms with Crippen LogP contribution in [0.3, 0.4) is 0 Å². The highest BCUT2D eigenvalue weighted by atomic mass is 19.1. The van der Waals surface area contributed by atoms with Gasteiger partial charge in [0.05, 0.1) is 31.9 Å². The summed E-state index contributed by atoms with van der Waals surface area (Å²) in [5.41, 5.74) is 2.28. The van der Waals surface area contributed by atoms with Gasteiger partial charge in [0.15, 0.2) is 11.5 Å². The van der Waals surface area contributed by atoms with Crippen LogP contribution >= 0.6 is 0 Å². The zero-order chi connectivity index (χ0) is 31.2. The molecule has 2 aliphatic rings. The van der Waals surface area contributed by atoms with Gasteiger partial charge in [-0.1, -0.05) is 18.2 Å². The summed E-state index contributed by atoms with van der Waals surface area (Å²) in [4.78, 5) is 36.4. The van der Waals surface area contributed by atoms with Crippen LogP contribution in [0.5, 0.6) is 5.75 Å². The Kier molecular flexibility index (Phi) is 9.33. The number of aliphatic imine (C=N–C) groups is 1. The van der Waals surface area contributed by atoms with Crippen molar-refractivity contribution in [1.82, 2.24) is 20.0 Å². The van der Waals surface area contributed by atoms with Gasteiger partial charge in [-0.2, -0.15) is 5.26 Å². The van der Waals surface area contributed by atoms with E-state index in [2.05, 4.69) is 21.9 Å². The van der Waals surface area contributed by atoms with Crippen LogP contribution in [0.2, 0.25) is 0 Å². The van der Waals surface area contributed by atoms with E-state index in [-0.39, 0.29) is 24.2 Å². The Balaban J connectivity index is 1.40. The SMILES string of the molecule is C=Nc1ccc(C2CCCN(C(=O)[C@@H]3CN(c4ccc(C#N)nn4)C[C@H]3c3ccc(OC)cc3F)CCN2C(=O)OC)cc1. The number of hydrogen-bond acceptors (Lipinski definition) is 9. The van der Waals surface area contributed by atoms with Crippen molar-refractivity contribution in [1.29, 1.82) is 5.26 Å². The van der Waals surface area contributed by atoms with Gasteiger partial charge >= 0.3 is 6.09 Å². The molecule has 12 heteroatoms. The number of ether oxygens (including phenoxy) is 2. The smallest absolute Gasteiger partial charge is 0.410 e. The van der Waals surface area contributed by atoms with Crippen LogP contribution < -0.4 is 9.64 Å². The molecule has 44 heavy (non-hydrogen) atoms. The van der Waals surface area contributed by atoms with Crippen LogP contribution in [0, 0.1) is 23.1 Å². The van der Waals surface area contributed by atoms with Crippen molar-refractivity contribution in [2.75, 3.05) is 51.8 Å². The normalized spacial score (nSPS) is 20.3. The van der Waals surface area contributed by atoms with Gasteiger partial charge in [-0.25, -0.2) is 9.18 Å². The molecule has 1 unspecified atom stereocenters. The number of benzene rings is 2. The second kappa shape index (κ2) is 13.5. The summed E-state index contributed by atoms with van der Waals surface area (Å²) in [5.74, 6) is -0.750. The molecule has 1 aromatic heterocycles. The average molecular weight is 600 g/mol. The molecular weight excluding hydrogens is 565 g/mol. The maximum absolute atomic E-state index is 15.4. The first-order valence-electron chi connectivity index (χ1n) is 14.4. The third-order valence-electron chi connectivity index (χ3n) is 8.41. The van der Waals surface area contributed by atoms with Gasteiger partial charge in [0.25, 0.3) is 0 Å². The van der Waals surface area contributed by atoms with E-state index in [4.69, 9.17) is 14.7 Å². The lowest BCUT2D eigenvalue weighted by molar-refractivity contribution is -0.136. The zero-order valence-electron chi connectivity index (χ0n) is 24.7. The van der Waals surface area contributed by atoms with Crippen molar-refractivity contribution in [3.05, 3.63) is 77.2 Å². The Morgan fingerprint density at radius 1 is 1.05 bits per heavy atom.